The van der Waals surface area contributed by atoms with E-state index in [-0.39, 0.29) is 0 Å². The largest absolute Gasteiger partial charge is 0.454 e. The Kier molecular flexibility index (Phi) is 5.55. The van der Waals surface area contributed by atoms with Crippen LogP contribution in [-0.2, 0) is 6.54 Å². The Hall–Kier alpha value is -0.930. The second kappa shape index (κ2) is 7.19. The summed E-state index contributed by atoms with van der Waals surface area (Å²) < 4.78 is 5.71. The lowest BCUT2D eigenvalue weighted by molar-refractivity contribution is 0.483. The topological polar surface area (TPSA) is 21.3 Å². The third-order valence-corrected chi connectivity index (χ3v) is 3.81. The second-order valence-corrected chi connectivity index (χ2v) is 5.39. The number of hydrogen-bond donors (Lipinski definition) is 1. The van der Waals surface area contributed by atoms with Gasteiger partial charge in [0.05, 0.1) is 10.0 Å². The van der Waals surface area contributed by atoms with Gasteiger partial charge in [-0.1, -0.05) is 53.9 Å². The summed E-state index contributed by atoms with van der Waals surface area (Å²) in [6.07, 6.45) is 0. The molecule has 0 aromatic heterocycles. The Morgan fingerprint density at radius 2 is 1.80 bits per heavy atom. The van der Waals surface area contributed by atoms with Crippen molar-refractivity contribution >= 4 is 34.8 Å². The fourth-order valence-electron chi connectivity index (χ4n) is 1.69. The molecule has 0 heterocycles. The average Bonchev–Trinajstić information content (AvgIpc) is 2.44. The third-order valence-electron chi connectivity index (χ3n) is 2.71. The van der Waals surface area contributed by atoms with Gasteiger partial charge in [-0.2, -0.15) is 0 Å². The molecule has 0 atom stereocenters. The number of halogens is 3. The zero-order valence-electron chi connectivity index (χ0n) is 10.9. The molecular formula is C15H14Cl3NO. The molecule has 0 fully saturated rings. The van der Waals surface area contributed by atoms with Crippen molar-refractivity contribution in [2.24, 2.45) is 0 Å². The average molecular weight is 331 g/mol. The SMILES string of the molecule is CCNCc1ccc(Oc2cccc(Cl)c2Cl)c(Cl)c1. The van der Waals surface area contributed by atoms with Gasteiger partial charge in [0.1, 0.15) is 16.5 Å². The van der Waals surface area contributed by atoms with Gasteiger partial charge in [0.15, 0.2) is 0 Å². The van der Waals surface area contributed by atoms with Gasteiger partial charge in [-0.3, -0.25) is 0 Å². The van der Waals surface area contributed by atoms with E-state index in [4.69, 9.17) is 39.5 Å². The van der Waals surface area contributed by atoms with Crippen LogP contribution >= 0.6 is 34.8 Å². The molecule has 0 aliphatic heterocycles. The molecule has 0 amide bonds. The molecule has 2 rings (SSSR count). The van der Waals surface area contributed by atoms with Crippen LogP contribution in [0.4, 0.5) is 0 Å². The first-order valence-corrected chi connectivity index (χ1v) is 7.36. The van der Waals surface area contributed by atoms with Crippen molar-refractivity contribution in [2.45, 2.75) is 13.5 Å². The maximum absolute atomic E-state index is 6.22. The summed E-state index contributed by atoms with van der Waals surface area (Å²) in [4.78, 5) is 0. The van der Waals surface area contributed by atoms with Crippen LogP contribution in [-0.4, -0.2) is 6.54 Å². The smallest absolute Gasteiger partial charge is 0.147 e. The van der Waals surface area contributed by atoms with Gasteiger partial charge in [-0.25, -0.2) is 0 Å². The van der Waals surface area contributed by atoms with Gasteiger partial charge in [0, 0.05) is 6.54 Å². The van der Waals surface area contributed by atoms with E-state index in [1.54, 1.807) is 18.2 Å². The Morgan fingerprint density at radius 1 is 1.00 bits per heavy atom. The van der Waals surface area contributed by atoms with E-state index < -0.39 is 0 Å². The third kappa shape index (κ3) is 3.80. The monoisotopic (exact) mass is 329 g/mol. The van der Waals surface area contributed by atoms with E-state index in [0.717, 1.165) is 18.7 Å². The Labute approximate surface area is 133 Å². The van der Waals surface area contributed by atoms with Gasteiger partial charge in [0.25, 0.3) is 0 Å². The number of benzene rings is 2. The molecule has 2 nitrogen and oxygen atoms in total. The molecule has 0 radical (unpaired) electrons. The van der Waals surface area contributed by atoms with Crippen molar-refractivity contribution in [3.63, 3.8) is 0 Å². The minimum Gasteiger partial charge on any atom is -0.454 e. The first-order chi connectivity index (χ1) is 9.61. The molecule has 0 saturated heterocycles. The predicted molar refractivity (Wildman–Crippen MR) is 85.4 cm³/mol. The molecule has 106 valence electrons. The molecule has 0 aliphatic carbocycles. The van der Waals surface area contributed by atoms with Crippen LogP contribution in [0.3, 0.4) is 0 Å². The van der Waals surface area contributed by atoms with Crippen LogP contribution in [0.5, 0.6) is 11.5 Å². The molecule has 5 heteroatoms. The Balaban J connectivity index is 2.19. The van der Waals surface area contributed by atoms with Crippen LogP contribution in [0.1, 0.15) is 12.5 Å². The number of rotatable bonds is 5. The summed E-state index contributed by atoms with van der Waals surface area (Å²) in [5.41, 5.74) is 1.10. The molecule has 0 unspecified atom stereocenters. The van der Waals surface area contributed by atoms with Crippen LogP contribution in [0.15, 0.2) is 36.4 Å². The highest BCUT2D eigenvalue weighted by Crippen LogP contribution is 2.37. The zero-order chi connectivity index (χ0) is 14.5. The van der Waals surface area contributed by atoms with E-state index in [1.807, 2.05) is 18.2 Å². The van der Waals surface area contributed by atoms with Crippen LogP contribution in [0.25, 0.3) is 0 Å². The van der Waals surface area contributed by atoms with Crippen molar-refractivity contribution < 1.29 is 4.74 Å². The van der Waals surface area contributed by atoms with Crippen molar-refractivity contribution in [3.8, 4) is 11.5 Å². The maximum atomic E-state index is 6.22. The highest BCUT2D eigenvalue weighted by Gasteiger charge is 2.09. The maximum Gasteiger partial charge on any atom is 0.147 e. The normalized spacial score (nSPS) is 10.6. The van der Waals surface area contributed by atoms with E-state index in [2.05, 4.69) is 12.2 Å². The lowest BCUT2D eigenvalue weighted by atomic mass is 10.2. The van der Waals surface area contributed by atoms with Crippen LogP contribution < -0.4 is 10.1 Å². The predicted octanol–water partition coefficient (Wildman–Crippen LogP) is 5.55. The first kappa shape index (κ1) is 15.5. The van der Waals surface area contributed by atoms with Crippen LogP contribution in [0, 0.1) is 0 Å². The zero-order valence-corrected chi connectivity index (χ0v) is 13.2. The van der Waals surface area contributed by atoms with Crippen molar-refractivity contribution in [1.82, 2.24) is 5.32 Å². The van der Waals surface area contributed by atoms with E-state index in [0.29, 0.717) is 26.6 Å². The molecule has 20 heavy (non-hydrogen) atoms. The Morgan fingerprint density at radius 3 is 2.50 bits per heavy atom. The highest BCUT2D eigenvalue weighted by atomic mass is 35.5. The molecule has 2 aromatic rings. The van der Waals surface area contributed by atoms with E-state index >= 15 is 0 Å². The van der Waals surface area contributed by atoms with Gasteiger partial charge in [-0.05, 0) is 36.4 Å². The van der Waals surface area contributed by atoms with Crippen molar-refractivity contribution in [1.29, 1.82) is 0 Å². The van der Waals surface area contributed by atoms with Gasteiger partial charge in [-0.15, -0.1) is 0 Å². The lowest BCUT2D eigenvalue weighted by Crippen LogP contribution is -2.11. The second-order valence-electron chi connectivity index (χ2n) is 4.20. The summed E-state index contributed by atoms with van der Waals surface area (Å²) in [5.74, 6) is 1.04. The van der Waals surface area contributed by atoms with Crippen molar-refractivity contribution in [3.05, 3.63) is 57.0 Å². The van der Waals surface area contributed by atoms with E-state index in [9.17, 15) is 0 Å². The standard InChI is InChI=1S/C15H14Cl3NO/c1-2-19-9-10-6-7-13(12(17)8-10)20-14-5-3-4-11(16)15(14)18/h3-8,19H,2,9H2,1H3. The summed E-state index contributed by atoms with van der Waals surface area (Å²) >= 11 is 18.3. The minimum atomic E-state index is 0.377. The number of nitrogens with one attached hydrogen (secondary N) is 1. The highest BCUT2D eigenvalue weighted by molar-refractivity contribution is 6.43. The first-order valence-electron chi connectivity index (χ1n) is 6.23. The molecular weight excluding hydrogens is 317 g/mol. The van der Waals surface area contributed by atoms with Gasteiger partial charge in [0.2, 0.25) is 0 Å². The molecule has 0 aliphatic rings. The number of ether oxygens (including phenoxy) is 1. The summed E-state index contributed by atoms with van der Waals surface area (Å²) in [6, 6.07) is 10.9. The molecule has 0 bridgehead atoms. The molecule has 2 aromatic carbocycles. The van der Waals surface area contributed by atoms with Gasteiger partial charge >= 0.3 is 0 Å². The van der Waals surface area contributed by atoms with E-state index in [1.165, 1.54) is 0 Å². The summed E-state index contributed by atoms with van der Waals surface area (Å²) in [7, 11) is 0. The quantitative estimate of drug-likeness (QED) is 0.776. The summed E-state index contributed by atoms with van der Waals surface area (Å²) in [5, 5.41) is 4.60. The van der Waals surface area contributed by atoms with Crippen LogP contribution in [0.2, 0.25) is 15.1 Å². The lowest BCUT2D eigenvalue weighted by Gasteiger charge is -2.11. The fraction of sp³-hybridized carbons (Fsp3) is 0.200. The molecule has 0 saturated carbocycles. The summed E-state index contributed by atoms with van der Waals surface area (Å²) in [6.45, 7) is 3.74. The molecule has 0 spiro atoms. The Bertz CT molecular complexity index is 602. The van der Waals surface area contributed by atoms with Gasteiger partial charge < -0.3 is 10.1 Å². The number of hydrogen-bond acceptors (Lipinski definition) is 2. The van der Waals surface area contributed by atoms with Crippen molar-refractivity contribution in [2.75, 3.05) is 6.54 Å². The molecule has 1 N–H and O–H groups in total. The minimum absolute atomic E-state index is 0.377. The fourth-order valence-corrected chi connectivity index (χ4v) is 2.26.